The first-order valence-corrected chi connectivity index (χ1v) is 13.2. The standard InChI is InChI=1S/C30H24NO4.C5H5.Fe/c32-23-15-11-21(12-16-23)28(22-13-17-24(33)18-14-22)25(20-6-1-2-7-20)10-5-19-31-29(34)26-8-3-4-9-27(26)30(31)35;1-2-4-5-3-1;/h1-4,6-9,11-18,32-33H,5,10,19H2;1-5H;/q2*-1;+2. The molecule has 0 radical (unpaired) electrons. The molecule has 0 unspecified atom stereocenters. The van der Waals surface area contributed by atoms with Crippen LogP contribution < -0.4 is 0 Å². The summed E-state index contributed by atoms with van der Waals surface area (Å²) in [5.41, 5.74) is 4.86. The minimum absolute atomic E-state index is 0. The Morgan fingerprint density at radius 2 is 1.20 bits per heavy atom. The number of hydrogen-bond donors (Lipinski definition) is 2. The molecule has 2 aliphatic rings. The fourth-order valence-electron chi connectivity index (χ4n) is 4.94. The summed E-state index contributed by atoms with van der Waals surface area (Å²) in [6.07, 6.45) is 9.24. The van der Waals surface area contributed by atoms with Crippen molar-refractivity contribution in [3.8, 4) is 11.5 Å². The zero-order chi connectivity index (χ0) is 27.9. The Balaban J connectivity index is 0.000000584. The van der Waals surface area contributed by atoms with Crippen molar-refractivity contribution in [2.24, 2.45) is 0 Å². The number of phenolic OH excluding ortho intramolecular Hbond substituents is 2. The number of phenols is 2. The monoisotopic (exact) mass is 583 g/mol. The van der Waals surface area contributed by atoms with Gasteiger partial charge in [0.25, 0.3) is 11.8 Å². The number of amides is 2. The summed E-state index contributed by atoms with van der Waals surface area (Å²) in [5.74, 6) is 0.834. The van der Waals surface area contributed by atoms with E-state index in [1.54, 1.807) is 48.5 Å². The van der Waals surface area contributed by atoms with Crippen LogP contribution in [0, 0.1) is 5.92 Å². The van der Waals surface area contributed by atoms with Crippen molar-refractivity contribution in [1.82, 2.24) is 4.90 Å². The average molecular weight is 583 g/mol. The molecule has 2 N–H and O–H groups in total. The Bertz CT molecular complexity index is 1450. The van der Waals surface area contributed by atoms with E-state index in [2.05, 4.69) is 0 Å². The molecule has 6 heteroatoms. The number of allylic oxidation sites excluding steroid dienone is 6. The Kier molecular flexibility index (Phi) is 9.75. The number of nitrogens with zero attached hydrogens (tertiary/aromatic N) is 1. The molecule has 0 fully saturated rings. The van der Waals surface area contributed by atoms with Crippen LogP contribution in [-0.2, 0) is 17.1 Å². The molecule has 4 aromatic rings. The molecule has 1 aliphatic heterocycles. The molecule has 0 bridgehead atoms. The van der Waals surface area contributed by atoms with E-state index in [4.69, 9.17) is 0 Å². The van der Waals surface area contributed by atoms with Crippen LogP contribution in [0.5, 0.6) is 11.5 Å². The summed E-state index contributed by atoms with van der Waals surface area (Å²) in [5, 5.41) is 19.7. The molecule has 4 aromatic carbocycles. The van der Waals surface area contributed by atoms with Crippen molar-refractivity contribution in [1.29, 1.82) is 0 Å². The van der Waals surface area contributed by atoms with Gasteiger partial charge in [-0.3, -0.25) is 14.5 Å². The first-order chi connectivity index (χ1) is 19.5. The second kappa shape index (κ2) is 13.6. The van der Waals surface area contributed by atoms with Crippen molar-refractivity contribution in [2.45, 2.75) is 12.8 Å². The van der Waals surface area contributed by atoms with Crippen molar-refractivity contribution < 1.29 is 36.9 Å². The quantitative estimate of drug-likeness (QED) is 0.140. The van der Waals surface area contributed by atoms with E-state index in [9.17, 15) is 19.8 Å². The number of rotatable bonds is 7. The largest absolute Gasteiger partial charge is 2.00 e. The van der Waals surface area contributed by atoms with Gasteiger partial charge >= 0.3 is 17.1 Å². The molecule has 2 amide bonds. The summed E-state index contributed by atoms with van der Waals surface area (Å²) >= 11 is 0. The van der Waals surface area contributed by atoms with Gasteiger partial charge in [0.05, 0.1) is 11.1 Å². The average Bonchev–Trinajstić information content (AvgIpc) is 3.76. The summed E-state index contributed by atoms with van der Waals surface area (Å²) in [6.45, 7) is 0.314. The van der Waals surface area contributed by atoms with Crippen molar-refractivity contribution in [3.63, 3.8) is 0 Å². The molecular weight excluding hydrogens is 554 g/mol. The molecule has 0 aromatic heterocycles. The summed E-state index contributed by atoms with van der Waals surface area (Å²) in [6, 6.07) is 31.0. The van der Waals surface area contributed by atoms with Crippen molar-refractivity contribution in [2.75, 3.05) is 6.54 Å². The van der Waals surface area contributed by atoms with Crippen LogP contribution >= 0.6 is 0 Å². The predicted octanol–water partition coefficient (Wildman–Crippen LogP) is 6.97. The number of hydrogen-bond acceptors (Lipinski definition) is 4. The third-order valence-electron chi connectivity index (χ3n) is 6.87. The summed E-state index contributed by atoms with van der Waals surface area (Å²) in [7, 11) is 0. The van der Waals surface area contributed by atoms with E-state index in [0.717, 1.165) is 28.2 Å². The number of carbonyl (C=O) groups is 2. The van der Waals surface area contributed by atoms with Crippen molar-refractivity contribution in [3.05, 3.63) is 167 Å². The maximum atomic E-state index is 12.8. The Morgan fingerprint density at radius 1 is 0.707 bits per heavy atom. The first kappa shape index (κ1) is 29.3. The number of aromatic hydroxyl groups is 2. The van der Waals surface area contributed by atoms with Crippen molar-refractivity contribution >= 4 is 11.8 Å². The van der Waals surface area contributed by atoms with E-state index in [0.29, 0.717) is 30.5 Å². The van der Waals surface area contributed by atoms with Gasteiger partial charge in [-0.25, -0.2) is 12.1 Å². The number of fused-ring (bicyclic) bond motifs is 1. The second-order valence-corrected chi connectivity index (χ2v) is 9.49. The van der Waals surface area contributed by atoms with Crippen LogP contribution in [0.4, 0.5) is 0 Å². The van der Waals surface area contributed by atoms with E-state index >= 15 is 0 Å². The smallest absolute Gasteiger partial charge is 0.509 e. The number of benzene rings is 3. The summed E-state index contributed by atoms with van der Waals surface area (Å²) in [4.78, 5) is 26.9. The minimum atomic E-state index is -0.248. The maximum Gasteiger partial charge on any atom is 2.00 e. The van der Waals surface area contributed by atoms with Crippen LogP contribution in [0.25, 0.3) is 0 Å². The Labute approximate surface area is 250 Å². The third-order valence-corrected chi connectivity index (χ3v) is 6.87. The zero-order valence-electron chi connectivity index (χ0n) is 22.3. The molecular formula is C35H29FeNO4. The van der Waals surface area contributed by atoms with Crippen LogP contribution in [0.15, 0.2) is 139 Å². The Hall–Kier alpha value is -4.64. The molecule has 6 rings (SSSR count). The third kappa shape index (κ3) is 6.75. The van der Waals surface area contributed by atoms with Crippen LogP contribution in [0.3, 0.4) is 0 Å². The fourth-order valence-corrected chi connectivity index (χ4v) is 4.94. The second-order valence-electron chi connectivity index (χ2n) is 9.49. The van der Waals surface area contributed by atoms with Gasteiger partial charge in [-0.05, 0) is 49.2 Å². The molecule has 5 nitrogen and oxygen atoms in total. The van der Waals surface area contributed by atoms with Gasteiger partial charge in [0.15, 0.2) is 0 Å². The molecule has 41 heavy (non-hydrogen) atoms. The van der Waals surface area contributed by atoms with E-state index in [-0.39, 0.29) is 40.4 Å². The fraction of sp³-hybridized carbons (Fsp3) is 0.0857. The molecule has 0 atom stereocenters. The van der Waals surface area contributed by atoms with E-state index in [1.807, 2.05) is 78.9 Å². The normalized spacial score (nSPS) is 13.0. The molecule has 0 saturated carbocycles. The maximum absolute atomic E-state index is 12.8. The first-order valence-electron chi connectivity index (χ1n) is 13.2. The van der Waals surface area contributed by atoms with Crippen LogP contribution in [0.2, 0.25) is 0 Å². The van der Waals surface area contributed by atoms with Crippen LogP contribution in [-0.4, -0.2) is 33.5 Å². The molecule has 0 spiro atoms. The van der Waals surface area contributed by atoms with Gasteiger partial charge < -0.3 is 10.2 Å². The SMILES string of the molecule is O=C1c2ccccc2C(=O)N1CCCC(=C1C=CC=C1)[C-](c1ccc(O)cc1)c1ccc(O)cc1.[Fe+2].c1cc[cH-]c1. The van der Waals surface area contributed by atoms with Gasteiger partial charge in [-0.15, -0.1) is 35.4 Å². The molecule has 0 saturated heterocycles. The number of carbonyl (C=O) groups excluding carboxylic acids is 2. The topological polar surface area (TPSA) is 77.8 Å². The molecule has 1 heterocycles. The van der Waals surface area contributed by atoms with E-state index < -0.39 is 0 Å². The molecule has 1 aliphatic carbocycles. The van der Waals surface area contributed by atoms with Gasteiger partial charge in [0, 0.05) is 6.54 Å². The predicted molar refractivity (Wildman–Crippen MR) is 156 cm³/mol. The van der Waals surface area contributed by atoms with E-state index in [1.165, 1.54) is 4.90 Å². The summed E-state index contributed by atoms with van der Waals surface area (Å²) < 4.78 is 0. The van der Waals surface area contributed by atoms with Gasteiger partial charge in [0.2, 0.25) is 0 Å². The number of imide groups is 1. The van der Waals surface area contributed by atoms with Gasteiger partial charge in [-0.1, -0.05) is 53.5 Å². The minimum Gasteiger partial charge on any atom is -0.509 e. The Morgan fingerprint density at radius 3 is 1.63 bits per heavy atom. The zero-order valence-corrected chi connectivity index (χ0v) is 23.4. The van der Waals surface area contributed by atoms with Crippen LogP contribution in [0.1, 0.15) is 44.7 Å². The van der Waals surface area contributed by atoms with Gasteiger partial charge in [0.1, 0.15) is 11.5 Å². The molecule has 206 valence electrons. The van der Waals surface area contributed by atoms with Gasteiger partial charge in [-0.2, -0.15) is 18.2 Å².